The highest BCUT2D eigenvalue weighted by Gasteiger charge is 2.27. The van der Waals surface area contributed by atoms with Gasteiger partial charge >= 0.3 is 0 Å². The molecule has 0 spiro atoms. The van der Waals surface area contributed by atoms with Crippen LogP contribution in [0.15, 0.2) is 30.3 Å². The molecule has 1 aromatic rings. The lowest BCUT2D eigenvalue weighted by Crippen LogP contribution is -2.36. The molecule has 0 amide bonds. The van der Waals surface area contributed by atoms with Crippen LogP contribution in [-0.4, -0.2) is 27.6 Å². The molecule has 0 saturated carbocycles. The van der Waals surface area contributed by atoms with Gasteiger partial charge in [-0.3, -0.25) is 5.01 Å². The molecule has 3 nitrogen and oxygen atoms in total. The minimum Gasteiger partial charge on any atom is -0.394 e. The lowest BCUT2D eigenvalue weighted by molar-refractivity contribution is 0.221. The summed E-state index contributed by atoms with van der Waals surface area (Å²) in [6.45, 7) is 0.643. The molecule has 1 unspecified atom stereocenters. The highest BCUT2D eigenvalue weighted by molar-refractivity contribution is 8.23. The lowest BCUT2D eigenvalue weighted by atomic mass is 10.2. The van der Waals surface area contributed by atoms with E-state index in [2.05, 4.69) is 17.6 Å². The fourth-order valence-electron chi connectivity index (χ4n) is 1.41. The Labute approximate surface area is 98.4 Å². The second kappa shape index (κ2) is 4.94. The van der Waals surface area contributed by atoms with Crippen molar-refractivity contribution in [2.75, 3.05) is 13.2 Å². The van der Waals surface area contributed by atoms with Crippen LogP contribution < -0.4 is 5.43 Å². The topological polar surface area (TPSA) is 35.5 Å². The van der Waals surface area contributed by atoms with Crippen molar-refractivity contribution in [3.8, 4) is 0 Å². The van der Waals surface area contributed by atoms with Crippen molar-refractivity contribution in [3.63, 3.8) is 0 Å². The lowest BCUT2D eigenvalue weighted by Gasteiger charge is -2.16. The first-order valence-electron chi connectivity index (χ1n) is 4.71. The fourth-order valence-corrected chi connectivity index (χ4v) is 2.79. The number of nitrogens with one attached hydrogen (secondary N) is 1. The van der Waals surface area contributed by atoms with E-state index < -0.39 is 0 Å². The fraction of sp³-hybridized carbons (Fsp3) is 0.300. The van der Waals surface area contributed by atoms with Crippen LogP contribution in [0.25, 0.3) is 0 Å². The van der Waals surface area contributed by atoms with Crippen LogP contribution in [0.4, 0.5) is 0 Å². The molecule has 15 heavy (non-hydrogen) atoms. The maximum atomic E-state index is 8.85. The number of nitrogens with zero attached hydrogens (tertiary/aromatic N) is 1. The van der Waals surface area contributed by atoms with Crippen LogP contribution >= 0.6 is 24.0 Å². The Morgan fingerprint density at radius 2 is 2.13 bits per heavy atom. The average molecular weight is 240 g/mol. The van der Waals surface area contributed by atoms with E-state index in [0.29, 0.717) is 6.54 Å². The van der Waals surface area contributed by atoms with Gasteiger partial charge in [0.2, 0.25) is 0 Å². The summed E-state index contributed by atoms with van der Waals surface area (Å²) in [5.74, 6) is 0. The van der Waals surface area contributed by atoms with Crippen LogP contribution in [0, 0.1) is 0 Å². The van der Waals surface area contributed by atoms with Crippen molar-refractivity contribution in [2.24, 2.45) is 0 Å². The molecule has 5 heteroatoms. The number of hydrazine groups is 1. The number of thiocarbonyl (C=S) groups is 1. The summed E-state index contributed by atoms with van der Waals surface area (Å²) in [5, 5.41) is 10.8. The van der Waals surface area contributed by atoms with Crippen molar-refractivity contribution >= 4 is 28.3 Å². The van der Waals surface area contributed by atoms with Crippen molar-refractivity contribution < 1.29 is 5.11 Å². The molecule has 1 aromatic carbocycles. The van der Waals surface area contributed by atoms with E-state index in [-0.39, 0.29) is 12.0 Å². The zero-order valence-corrected chi connectivity index (χ0v) is 9.72. The number of aliphatic hydroxyl groups is 1. The van der Waals surface area contributed by atoms with E-state index in [1.54, 1.807) is 11.8 Å². The highest BCUT2D eigenvalue weighted by atomic mass is 32.2. The molecule has 2 N–H and O–H groups in total. The Kier molecular flexibility index (Phi) is 3.58. The largest absolute Gasteiger partial charge is 0.394 e. The number of hydrogen-bond acceptors (Lipinski definition) is 4. The molecule has 0 aliphatic carbocycles. The number of aliphatic hydroxyl groups excluding tert-OH is 1. The Morgan fingerprint density at radius 3 is 2.80 bits per heavy atom. The van der Waals surface area contributed by atoms with Crippen molar-refractivity contribution in [1.29, 1.82) is 0 Å². The molecule has 80 valence electrons. The Balaban J connectivity index is 2.06. The van der Waals surface area contributed by atoms with Gasteiger partial charge in [-0.1, -0.05) is 54.3 Å². The predicted octanol–water partition coefficient (Wildman–Crippen LogP) is 1.52. The molecule has 1 atom stereocenters. The molecular formula is C10H12N2OS2. The molecular weight excluding hydrogens is 228 g/mol. The maximum Gasteiger partial charge on any atom is 0.152 e. The number of hydrogen-bond donors (Lipinski definition) is 2. The first-order valence-corrected chi connectivity index (χ1v) is 6.00. The molecule has 2 rings (SSSR count). The summed E-state index contributed by atoms with van der Waals surface area (Å²) in [6, 6.07) is 10.1. The van der Waals surface area contributed by atoms with Crippen molar-refractivity contribution in [1.82, 2.24) is 10.4 Å². The molecule has 1 saturated heterocycles. The predicted molar refractivity (Wildman–Crippen MR) is 66.3 cm³/mol. The Morgan fingerprint density at radius 1 is 1.40 bits per heavy atom. The Bertz CT molecular complexity index is 345. The number of β-amino-alcohol motifs (C(OH)–C–C–N with tert-alkyl or cyclic N) is 1. The van der Waals surface area contributed by atoms with Crippen LogP contribution in [0.3, 0.4) is 0 Å². The standard InChI is InChI=1S/C10H12N2OS2/c13-7-6-12-10(14)15-9(11-12)8-4-2-1-3-5-8/h1-5,9,11,13H,6-7H2. The molecule has 0 bridgehead atoms. The Hall–Kier alpha value is -0.620. The molecule has 1 aliphatic heterocycles. The minimum atomic E-state index is 0.106. The summed E-state index contributed by atoms with van der Waals surface area (Å²) in [5.41, 5.74) is 4.45. The second-order valence-corrected chi connectivity index (χ2v) is 4.92. The van der Waals surface area contributed by atoms with E-state index in [9.17, 15) is 0 Å². The van der Waals surface area contributed by atoms with Crippen LogP contribution in [-0.2, 0) is 0 Å². The molecule has 0 aromatic heterocycles. The van der Waals surface area contributed by atoms with Gasteiger partial charge in [0, 0.05) is 0 Å². The van der Waals surface area contributed by atoms with Gasteiger partial charge in [-0.25, -0.2) is 5.43 Å². The smallest absolute Gasteiger partial charge is 0.152 e. The molecule has 0 radical (unpaired) electrons. The van der Waals surface area contributed by atoms with Gasteiger partial charge < -0.3 is 5.11 Å². The van der Waals surface area contributed by atoms with Gasteiger partial charge in [-0.2, -0.15) is 0 Å². The third-order valence-electron chi connectivity index (χ3n) is 2.14. The minimum absolute atomic E-state index is 0.106. The summed E-state index contributed by atoms with van der Waals surface area (Å²) in [6.07, 6.45) is 0. The van der Waals surface area contributed by atoms with Crippen LogP contribution in [0.2, 0.25) is 0 Å². The van der Waals surface area contributed by atoms with Gasteiger partial charge in [0.1, 0.15) is 5.37 Å². The summed E-state index contributed by atoms with van der Waals surface area (Å²) >= 11 is 6.80. The van der Waals surface area contributed by atoms with Crippen molar-refractivity contribution in [3.05, 3.63) is 35.9 Å². The second-order valence-electron chi connectivity index (χ2n) is 3.18. The average Bonchev–Trinajstić information content (AvgIpc) is 2.63. The van der Waals surface area contributed by atoms with Gasteiger partial charge in [-0.15, -0.1) is 0 Å². The van der Waals surface area contributed by atoms with Crippen molar-refractivity contribution in [2.45, 2.75) is 5.37 Å². The maximum absolute atomic E-state index is 8.85. The first kappa shape index (κ1) is 10.9. The zero-order valence-electron chi connectivity index (χ0n) is 8.09. The monoisotopic (exact) mass is 240 g/mol. The number of thioether (sulfide) groups is 1. The van der Waals surface area contributed by atoms with E-state index in [4.69, 9.17) is 17.3 Å². The molecule has 1 fully saturated rings. The van der Waals surface area contributed by atoms with Crippen LogP contribution in [0.5, 0.6) is 0 Å². The number of benzene rings is 1. The third kappa shape index (κ3) is 2.49. The molecule has 1 heterocycles. The van der Waals surface area contributed by atoms with Gasteiger partial charge in [0.15, 0.2) is 4.32 Å². The summed E-state index contributed by atoms with van der Waals surface area (Å²) in [4.78, 5) is 0. The highest BCUT2D eigenvalue weighted by Crippen LogP contribution is 2.33. The first-order chi connectivity index (χ1) is 7.31. The third-order valence-corrected chi connectivity index (χ3v) is 3.68. The summed E-state index contributed by atoms with van der Waals surface area (Å²) < 4.78 is 0.790. The van der Waals surface area contributed by atoms with E-state index in [1.165, 1.54) is 5.56 Å². The van der Waals surface area contributed by atoms with Gasteiger partial charge in [0.25, 0.3) is 0 Å². The van der Waals surface area contributed by atoms with E-state index >= 15 is 0 Å². The van der Waals surface area contributed by atoms with E-state index in [0.717, 1.165) is 4.32 Å². The van der Waals surface area contributed by atoms with Gasteiger partial charge in [0.05, 0.1) is 13.2 Å². The zero-order chi connectivity index (χ0) is 10.7. The molecule has 1 aliphatic rings. The van der Waals surface area contributed by atoms with Gasteiger partial charge in [-0.05, 0) is 5.56 Å². The normalized spacial score (nSPS) is 21.0. The number of rotatable bonds is 3. The summed E-state index contributed by atoms with van der Waals surface area (Å²) in [7, 11) is 0. The SMILES string of the molecule is OCCN1NC(c2ccccc2)SC1=S. The quantitative estimate of drug-likeness (QED) is 0.783. The van der Waals surface area contributed by atoms with E-state index in [1.807, 2.05) is 23.2 Å². The van der Waals surface area contributed by atoms with Crippen LogP contribution in [0.1, 0.15) is 10.9 Å².